The van der Waals surface area contributed by atoms with Crippen LogP contribution in [0.3, 0.4) is 0 Å². The monoisotopic (exact) mass is 454 g/mol. The van der Waals surface area contributed by atoms with Crippen LogP contribution < -0.4 is 14.9 Å². The zero-order valence-corrected chi connectivity index (χ0v) is 16.8. The molecule has 9 nitrogen and oxygen atoms in total. The number of para-hydroxylation sites is 2. The van der Waals surface area contributed by atoms with Crippen LogP contribution in [0.1, 0.15) is 0 Å². The lowest BCUT2D eigenvalue weighted by Gasteiger charge is -2.34. The lowest BCUT2D eigenvalue weighted by atomic mass is 10.3. The van der Waals surface area contributed by atoms with Crippen LogP contribution in [-0.2, 0) is 4.74 Å². The summed E-state index contributed by atoms with van der Waals surface area (Å²) in [7, 11) is 0. The van der Waals surface area contributed by atoms with Gasteiger partial charge in [0.05, 0.1) is 12.3 Å². The Bertz CT molecular complexity index is 1060. The number of ether oxygens (including phenoxy) is 2. The zero-order chi connectivity index (χ0) is 21.8. The van der Waals surface area contributed by atoms with Crippen LogP contribution >= 0.6 is 12.2 Å². The van der Waals surface area contributed by atoms with Crippen molar-refractivity contribution in [3.63, 3.8) is 0 Å². The van der Waals surface area contributed by atoms with Crippen LogP contribution in [0.15, 0.2) is 42.6 Å². The van der Waals surface area contributed by atoms with E-state index < -0.39 is 6.36 Å². The highest BCUT2D eigenvalue weighted by Crippen LogP contribution is 2.30. The van der Waals surface area contributed by atoms with Gasteiger partial charge in [-0.3, -0.25) is 0 Å². The fourth-order valence-corrected chi connectivity index (χ4v) is 3.24. The van der Waals surface area contributed by atoms with E-state index in [1.807, 2.05) is 0 Å². The van der Waals surface area contributed by atoms with Crippen molar-refractivity contribution in [1.82, 2.24) is 25.0 Å². The van der Waals surface area contributed by atoms with E-state index in [4.69, 9.17) is 21.8 Å². The minimum Gasteiger partial charge on any atom is -0.404 e. The number of hydrogen-bond acceptors (Lipinski definition) is 7. The van der Waals surface area contributed by atoms with E-state index in [0.717, 1.165) is 0 Å². The molecule has 2 aromatic heterocycles. The standard InChI is InChI=1S/C18H17F3N6O3S/c19-18(20,21)30-15-6-2-1-4-13(15)23-17(31)26-8-9-28-12(10-26)11-29-27-16-14(24-25-27)5-3-7-22-16/h1-7,12H,8-11H2,(H,23,31). The van der Waals surface area contributed by atoms with E-state index in [1.165, 1.54) is 23.0 Å². The molecule has 0 spiro atoms. The molecule has 0 aliphatic carbocycles. The van der Waals surface area contributed by atoms with E-state index in [9.17, 15) is 13.2 Å². The molecule has 0 radical (unpaired) electrons. The van der Waals surface area contributed by atoms with Gasteiger partial charge in [-0.1, -0.05) is 17.0 Å². The molecule has 13 heteroatoms. The van der Waals surface area contributed by atoms with Crippen LogP contribution in [0.5, 0.6) is 5.75 Å². The fraction of sp³-hybridized carbons (Fsp3) is 0.333. The second-order valence-electron chi connectivity index (χ2n) is 6.52. The number of rotatable bonds is 5. The minimum absolute atomic E-state index is 0.115. The van der Waals surface area contributed by atoms with Gasteiger partial charge in [0.15, 0.2) is 10.9 Å². The Morgan fingerprint density at radius 2 is 2.10 bits per heavy atom. The molecule has 1 aliphatic rings. The quantitative estimate of drug-likeness (QED) is 0.584. The number of thiocarbonyl (C=S) groups is 1. The molecule has 1 saturated heterocycles. The summed E-state index contributed by atoms with van der Waals surface area (Å²) in [5.41, 5.74) is 1.19. The third kappa shape index (κ3) is 5.30. The summed E-state index contributed by atoms with van der Waals surface area (Å²) in [4.78, 5) is 12.8. The Morgan fingerprint density at radius 1 is 1.26 bits per heavy atom. The molecule has 3 heterocycles. The van der Waals surface area contributed by atoms with Crippen molar-refractivity contribution < 1.29 is 27.5 Å². The topological polar surface area (TPSA) is 86.6 Å². The molecule has 0 saturated carbocycles. The van der Waals surface area contributed by atoms with Crippen LogP contribution in [0, 0.1) is 0 Å². The molecule has 1 atom stereocenters. The summed E-state index contributed by atoms with van der Waals surface area (Å²) in [6.07, 6.45) is -3.55. The number of morpholine rings is 1. The summed E-state index contributed by atoms with van der Waals surface area (Å²) in [6.45, 7) is 1.36. The predicted octanol–water partition coefficient (Wildman–Crippen LogP) is 2.25. The molecule has 164 valence electrons. The summed E-state index contributed by atoms with van der Waals surface area (Å²) >= 11 is 5.38. The smallest absolute Gasteiger partial charge is 0.404 e. The number of anilines is 1. The van der Waals surface area contributed by atoms with E-state index in [-0.39, 0.29) is 29.3 Å². The van der Waals surface area contributed by atoms with Crippen molar-refractivity contribution in [2.24, 2.45) is 0 Å². The van der Waals surface area contributed by atoms with Crippen LogP contribution in [0.25, 0.3) is 11.2 Å². The second-order valence-corrected chi connectivity index (χ2v) is 6.90. The minimum atomic E-state index is -4.80. The molecule has 3 aromatic rings. The molecule has 1 N–H and O–H groups in total. The molecule has 31 heavy (non-hydrogen) atoms. The second kappa shape index (κ2) is 8.89. The van der Waals surface area contributed by atoms with Gasteiger partial charge in [-0.15, -0.1) is 18.3 Å². The highest BCUT2D eigenvalue weighted by molar-refractivity contribution is 7.80. The molecule has 1 fully saturated rings. The first-order valence-corrected chi connectivity index (χ1v) is 9.62. The van der Waals surface area contributed by atoms with Gasteiger partial charge >= 0.3 is 6.36 Å². The Kier molecular flexibility index (Phi) is 6.04. The van der Waals surface area contributed by atoms with Crippen molar-refractivity contribution in [2.75, 3.05) is 31.6 Å². The molecule has 1 aliphatic heterocycles. The number of halogens is 3. The summed E-state index contributed by atoms with van der Waals surface area (Å²) in [5.74, 6) is -0.365. The van der Waals surface area contributed by atoms with Crippen molar-refractivity contribution in [3.8, 4) is 5.75 Å². The summed E-state index contributed by atoms with van der Waals surface area (Å²) < 4.78 is 47.6. The van der Waals surface area contributed by atoms with E-state index in [1.54, 1.807) is 29.3 Å². The normalized spacial score (nSPS) is 16.9. The van der Waals surface area contributed by atoms with Crippen molar-refractivity contribution in [1.29, 1.82) is 0 Å². The maximum absolute atomic E-state index is 12.6. The summed E-state index contributed by atoms with van der Waals surface area (Å²) in [5, 5.41) is 10.9. The molecule has 1 aromatic carbocycles. The Morgan fingerprint density at radius 3 is 2.94 bits per heavy atom. The van der Waals surface area contributed by atoms with E-state index in [2.05, 4.69) is 25.3 Å². The third-order valence-electron chi connectivity index (χ3n) is 4.34. The van der Waals surface area contributed by atoms with Gasteiger partial charge in [-0.2, -0.15) is 0 Å². The van der Waals surface area contributed by atoms with Gasteiger partial charge in [0.2, 0.25) is 5.65 Å². The van der Waals surface area contributed by atoms with Crippen molar-refractivity contribution in [2.45, 2.75) is 12.5 Å². The first-order chi connectivity index (χ1) is 14.9. The van der Waals surface area contributed by atoms with Crippen LogP contribution in [0.2, 0.25) is 0 Å². The average Bonchev–Trinajstić information content (AvgIpc) is 3.16. The van der Waals surface area contributed by atoms with Crippen LogP contribution in [-0.4, -0.2) is 68.9 Å². The van der Waals surface area contributed by atoms with E-state index in [0.29, 0.717) is 30.9 Å². The number of benzene rings is 1. The van der Waals surface area contributed by atoms with Gasteiger partial charge in [0.25, 0.3) is 0 Å². The first-order valence-electron chi connectivity index (χ1n) is 9.21. The van der Waals surface area contributed by atoms with Gasteiger partial charge in [0, 0.05) is 19.3 Å². The molecule has 0 amide bonds. The maximum Gasteiger partial charge on any atom is 0.573 e. The predicted molar refractivity (Wildman–Crippen MR) is 107 cm³/mol. The number of aromatic nitrogens is 4. The number of fused-ring (bicyclic) bond motifs is 1. The third-order valence-corrected chi connectivity index (χ3v) is 4.70. The SMILES string of the molecule is FC(F)(F)Oc1ccccc1NC(=S)N1CCOC(COn2nnc3cccnc32)C1. The Labute approximate surface area is 179 Å². The molecular formula is C18H17F3N6O3S. The van der Waals surface area contributed by atoms with E-state index >= 15 is 0 Å². The Balaban J connectivity index is 1.36. The van der Waals surface area contributed by atoms with Crippen LogP contribution in [0.4, 0.5) is 18.9 Å². The highest BCUT2D eigenvalue weighted by atomic mass is 32.1. The lowest BCUT2D eigenvalue weighted by Crippen LogP contribution is -2.49. The fourth-order valence-electron chi connectivity index (χ4n) is 2.97. The molecule has 1 unspecified atom stereocenters. The average molecular weight is 454 g/mol. The van der Waals surface area contributed by atoms with Crippen molar-refractivity contribution in [3.05, 3.63) is 42.6 Å². The van der Waals surface area contributed by atoms with Gasteiger partial charge < -0.3 is 24.5 Å². The highest BCUT2D eigenvalue weighted by Gasteiger charge is 2.32. The number of pyridine rings is 1. The maximum atomic E-state index is 12.6. The van der Waals surface area contributed by atoms with Gasteiger partial charge in [-0.05, 0) is 41.7 Å². The number of hydrogen-bond donors (Lipinski definition) is 1. The molecule has 0 bridgehead atoms. The lowest BCUT2D eigenvalue weighted by molar-refractivity contribution is -0.274. The number of alkyl halides is 3. The Hall–Kier alpha value is -3.19. The molecule has 4 rings (SSSR count). The largest absolute Gasteiger partial charge is 0.573 e. The van der Waals surface area contributed by atoms with Crippen molar-refractivity contribution >= 4 is 34.2 Å². The summed E-state index contributed by atoms with van der Waals surface area (Å²) in [6, 6.07) is 9.20. The van der Waals surface area contributed by atoms with Gasteiger partial charge in [-0.25, -0.2) is 4.98 Å². The molecular weight excluding hydrogens is 437 g/mol. The zero-order valence-electron chi connectivity index (χ0n) is 16.0. The number of nitrogens with one attached hydrogen (secondary N) is 1. The van der Waals surface area contributed by atoms with Gasteiger partial charge in [0.1, 0.15) is 18.2 Å². The number of nitrogens with zero attached hydrogens (tertiary/aromatic N) is 5. The first kappa shape index (κ1) is 21.1.